The van der Waals surface area contributed by atoms with Crippen molar-refractivity contribution in [2.45, 2.75) is 24.9 Å². The van der Waals surface area contributed by atoms with Crippen molar-refractivity contribution in [1.82, 2.24) is 9.80 Å². The van der Waals surface area contributed by atoms with Crippen molar-refractivity contribution in [2.24, 2.45) is 0 Å². The van der Waals surface area contributed by atoms with Crippen LogP contribution >= 0.6 is 0 Å². The largest absolute Gasteiger partial charge is 0.478 e. The second kappa shape index (κ2) is 12.5. The second-order valence-electron chi connectivity index (χ2n) is 8.64. The minimum Gasteiger partial charge on any atom is -0.478 e. The van der Waals surface area contributed by atoms with Gasteiger partial charge in [-0.25, -0.2) is 14.5 Å². The van der Waals surface area contributed by atoms with Crippen LogP contribution in [0.3, 0.4) is 0 Å². The number of morpholine rings is 1. The van der Waals surface area contributed by atoms with Gasteiger partial charge in [-0.15, -0.1) is 0 Å². The lowest BCUT2D eigenvalue weighted by atomic mass is 9.98. The van der Waals surface area contributed by atoms with E-state index in [1.807, 2.05) is 65.6 Å². The first-order valence-electron chi connectivity index (χ1n) is 12.0. The van der Waals surface area contributed by atoms with Crippen molar-refractivity contribution in [3.63, 3.8) is 0 Å². The average molecular weight is 495 g/mol. The topological polar surface area (TPSA) is 106 Å². The molecule has 1 N–H and O–H groups in total. The number of carbonyl (C=O) groups is 3. The van der Waals surface area contributed by atoms with E-state index in [1.165, 1.54) is 0 Å². The highest BCUT2D eigenvalue weighted by Crippen LogP contribution is 2.40. The fraction of sp³-hybridized carbons (Fsp3) is 0.370. The third kappa shape index (κ3) is 6.44. The molecular weight excluding hydrogens is 464 g/mol. The summed E-state index contributed by atoms with van der Waals surface area (Å²) in [5, 5.41) is 9.00. The molecule has 9 nitrogen and oxygen atoms in total. The van der Waals surface area contributed by atoms with Gasteiger partial charge in [-0.3, -0.25) is 9.69 Å². The van der Waals surface area contributed by atoms with Gasteiger partial charge in [0.25, 0.3) is 6.41 Å². The number of aliphatic carboxylic acids is 1. The fourth-order valence-electron chi connectivity index (χ4n) is 4.62. The molecule has 36 heavy (non-hydrogen) atoms. The van der Waals surface area contributed by atoms with E-state index in [0.29, 0.717) is 19.3 Å². The molecule has 2 fully saturated rings. The molecule has 2 aliphatic heterocycles. The molecule has 2 saturated heterocycles. The zero-order valence-electron chi connectivity index (χ0n) is 19.9. The zero-order chi connectivity index (χ0) is 25.3. The Hall–Kier alpha value is -3.37. The first kappa shape index (κ1) is 25.7. The van der Waals surface area contributed by atoms with E-state index >= 15 is 0 Å². The molecule has 0 aliphatic carbocycles. The number of carboxylic acids is 1. The second-order valence-corrected chi connectivity index (χ2v) is 8.64. The third-order valence-corrected chi connectivity index (χ3v) is 6.40. The van der Waals surface area contributed by atoms with Crippen molar-refractivity contribution in [3.05, 3.63) is 83.4 Å². The lowest BCUT2D eigenvalue weighted by molar-refractivity contribution is -0.197. The number of nitrogens with zero attached hydrogens (tertiary/aromatic N) is 2. The maximum Gasteiger partial charge on any atom is 0.345 e. The Balaban J connectivity index is 1.65. The van der Waals surface area contributed by atoms with Gasteiger partial charge in [-0.2, -0.15) is 0 Å². The summed E-state index contributed by atoms with van der Waals surface area (Å²) in [6, 6.07) is 19.4. The van der Waals surface area contributed by atoms with Gasteiger partial charge in [0.15, 0.2) is 6.29 Å². The van der Waals surface area contributed by atoms with E-state index in [-0.39, 0.29) is 25.0 Å². The molecule has 0 amide bonds. The molecule has 0 radical (unpaired) electrons. The van der Waals surface area contributed by atoms with E-state index in [9.17, 15) is 14.4 Å². The van der Waals surface area contributed by atoms with Gasteiger partial charge in [-0.1, -0.05) is 60.7 Å². The highest BCUT2D eigenvalue weighted by Gasteiger charge is 2.43. The van der Waals surface area contributed by atoms with Crippen LogP contribution in [0.5, 0.6) is 0 Å². The van der Waals surface area contributed by atoms with Crippen LogP contribution in [0.4, 0.5) is 0 Å². The van der Waals surface area contributed by atoms with E-state index < -0.39 is 23.9 Å². The molecule has 3 atom stereocenters. The summed E-state index contributed by atoms with van der Waals surface area (Å²) >= 11 is 0. The van der Waals surface area contributed by atoms with Gasteiger partial charge in [-0.05, 0) is 17.5 Å². The highest BCUT2D eigenvalue weighted by atomic mass is 16.7. The van der Waals surface area contributed by atoms with Crippen LogP contribution in [0.15, 0.2) is 72.3 Å². The third-order valence-electron chi connectivity index (χ3n) is 6.40. The molecule has 9 heteroatoms. The van der Waals surface area contributed by atoms with E-state index in [0.717, 1.165) is 37.2 Å². The van der Waals surface area contributed by atoms with Crippen LogP contribution in [-0.4, -0.2) is 79.0 Å². The number of rotatable bonds is 10. The Kier molecular flexibility index (Phi) is 8.96. The molecule has 2 aromatic carbocycles. The maximum absolute atomic E-state index is 12.7. The zero-order valence-corrected chi connectivity index (χ0v) is 19.9. The lowest BCUT2D eigenvalue weighted by Gasteiger charge is -2.37. The molecule has 0 spiro atoms. The quantitative estimate of drug-likeness (QED) is 0.175. The first-order valence-corrected chi connectivity index (χ1v) is 12.0. The standard InChI is InChI=1S/C27H30N2O7/c30-18-22(17-25(31)32)26(33)36-27-29(24(19-35-27)21-9-5-2-6-10-21)23(20-7-3-1-4-8-20)11-12-28-13-15-34-16-14-28/h1-10,17-18,23-24,27H,11-16,19H2,(H,31,32)/b22-17+. The van der Waals surface area contributed by atoms with Crippen molar-refractivity contribution in [3.8, 4) is 0 Å². The summed E-state index contributed by atoms with van der Waals surface area (Å²) in [4.78, 5) is 39.4. The van der Waals surface area contributed by atoms with Crippen LogP contribution in [0, 0.1) is 0 Å². The molecule has 0 aromatic heterocycles. The summed E-state index contributed by atoms with van der Waals surface area (Å²) in [7, 11) is 0. The van der Waals surface area contributed by atoms with E-state index in [2.05, 4.69) is 4.90 Å². The number of hydrogen-bond acceptors (Lipinski definition) is 8. The molecule has 2 heterocycles. The number of carbonyl (C=O) groups excluding carboxylic acids is 2. The summed E-state index contributed by atoms with van der Waals surface area (Å²) in [6.45, 7) is 4.16. The molecule has 190 valence electrons. The first-order chi connectivity index (χ1) is 17.6. The van der Waals surface area contributed by atoms with Crippen molar-refractivity contribution >= 4 is 18.2 Å². The average Bonchev–Trinajstić information content (AvgIpc) is 3.32. The molecule has 2 aliphatic rings. The Morgan fingerprint density at radius 3 is 2.36 bits per heavy atom. The van der Waals surface area contributed by atoms with E-state index in [1.54, 1.807) is 0 Å². The molecule has 2 aromatic rings. The summed E-state index contributed by atoms with van der Waals surface area (Å²) < 4.78 is 17.0. The molecule has 3 unspecified atom stereocenters. The number of esters is 1. The molecule has 0 saturated carbocycles. The Morgan fingerprint density at radius 2 is 1.72 bits per heavy atom. The predicted molar refractivity (Wildman–Crippen MR) is 130 cm³/mol. The van der Waals surface area contributed by atoms with Gasteiger partial charge in [0.05, 0.1) is 25.9 Å². The fourth-order valence-corrected chi connectivity index (χ4v) is 4.62. The minimum atomic E-state index is -1.41. The normalized spacial score (nSPS) is 22.2. The van der Waals surface area contributed by atoms with Crippen LogP contribution < -0.4 is 0 Å². The lowest BCUT2D eigenvalue weighted by Crippen LogP contribution is -2.42. The number of ether oxygens (including phenoxy) is 3. The van der Waals surface area contributed by atoms with Gasteiger partial charge < -0.3 is 19.3 Å². The van der Waals surface area contributed by atoms with Crippen LogP contribution in [0.1, 0.15) is 29.6 Å². The van der Waals surface area contributed by atoms with Crippen molar-refractivity contribution < 1.29 is 33.7 Å². The smallest absolute Gasteiger partial charge is 0.345 e. The SMILES string of the molecule is O=C/C(=C\C(=O)O)C(=O)OC1OCC(c2ccccc2)N1C(CCN1CCOCC1)c1ccccc1. The maximum atomic E-state index is 12.7. The Morgan fingerprint density at radius 1 is 1.06 bits per heavy atom. The van der Waals surface area contributed by atoms with Gasteiger partial charge in [0, 0.05) is 31.8 Å². The van der Waals surface area contributed by atoms with Crippen LogP contribution in [-0.2, 0) is 28.6 Å². The summed E-state index contributed by atoms with van der Waals surface area (Å²) in [6.07, 6.45) is 0.347. The Labute approximate surface area is 209 Å². The number of benzene rings is 2. The summed E-state index contributed by atoms with van der Waals surface area (Å²) in [5.74, 6) is -2.45. The Bertz CT molecular complexity index is 1050. The highest BCUT2D eigenvalue weighted by molar-refractivity contribution is 6.11. The van der Waals surface area contributed by atoms with Crippen LogP contribution in [0.2, 0.25) is 0 Å². The molecular formula is C27H30N2O7. The van der Waals surface area contributed by atoms with Crippen molar-refractivity contribution in [1.29, 1.82) is 0 Å². The van der Waals surface area contributed by atoms with Gasteiger partial charge in [0.2, 0.25) is 0 Å². The number of hydrogen-bond donors (Lipinski definition) is 1. The monoisotopic (exact) mass is 494 g/mol. The molecule has 4 rings (SSSR count). The minimum absolute atomic E-state index is 0.178. The number of carboxylic acid groups (broad SMARTS) is 1. The van der Waals surface area contributed by atoms with E-state index in [4.69, 9.17) is 19.3 Å². The van der Waals surface area contributed by atoms with Gasteiger partial charge in [0.1, 0.15) is 5.57 Å². The van der Waals surface area contributed by atoms with Crippen LogP contribution in [0.25, 0.3) is 0 Å². The predicted octanol–water partition coefficient (Wildman–Crippen LogP) is 2.56. The van der Waals surface area contributed by atoms with Gasteiger partial charge >= 0.3 is 11.9 Å². The number of aldehydes is 1. The summed E-state index contributed by atoms with van der Waals surface area (Å²) in [5.41, 5.74) is 1.45. The van der Waals surface area contributed by atoms with Crippen molar-refractivity contribution in [2.75, 3.05) is 39.5 Å². The molecule has 0 bridgehead atoms.